The van der Waals surface area contributed by atoms with Crippen LogP contribution in [-0.2, 0) is 4.74 Å². The summed E-state index contributed by atoms with van der Waals surface area (Å²) in [6.45, 7) is 2.06. The van der Waals surface area contributed by atoms with Crippen molar-refractivity contribution in [2.75, 3.05) is 31.6 Å². The Kier molecular flexibility index (Phi) is 4.60. The van der Waals surface area contributed by atoms with Crippen LogP contribution in [0.15, 0.2) is 48.5 Å². The first kappa shape index (κ1) is 17.2. The van der Waals surface area contributed by atoms with Gasteiger partial charge in [0.25, 0.3) is 11.8 Å². The number of hydrogen-bond donors (Lipinski definition) is 2. The number of rotatable bonds is 3. The Hall–Kier alpha value is -3.19. The molecule has 7 heteroatoms. The van der Waals surface area contributed by atoms with E-state index in [0.717, 1.165) is 0 Å². The van der Waals surface area contributed by atoms with Crippen LogP contribution in [0.5, 0.6) is 0 Å². The van der Waals surface area contributed by atoms with Crippen molar-refractivity contribution in [3.05, 3.63) is 65.6 Å². The lowest BCUT2D eigenvalue weighted by molar-refractivity contribution is 0.0303. The zero-order chi connectivity index (χ0) is 18.8. The van der Waals surface area contributed by atoms with Gasteiger partial charge in [0.05, 0.1) is 24.5 Å². The van der Waals surface area contributed by atoms with Crippen LogP contribution < -0.4 is 5.32 Å². The Balaban J connectivity index is 1.58. The molecule has 1 fully saturated rings. The molecule has 4 rings (SSSR count). The third-order valence-electron chi connectivity index (χ3n) is 4.53. The molecule has 2 N–H and O–H groups in total. The molecule has 2 aromatic carbocycles. The Morgan fingerprint density at radius 3 is 2.67 bits per heavy atom. The molecule has 1 aliphatic rings. The zero-order valence-corrected chi connectivity index (χ0v) is 14.5. The average molecular weight is 367 g/mol. The van der Waals surface area contributed by atoms with Gasteiger partial charge in [0.15, 0.2) is 0 Å². The Morgan fingerprint density at radius 2 is 1.85 bits per heavy atom. The number of carbonyl (C=O) groups is 2. The van der Waals surface area contributed by atoms with Gasteiger partial charge >= 0.3 is 0 Å². The highest BCUT2D eigenvalue weighted by molar-refractivity contribution is 6.09. The highest BCUT2D eigenvalue weighted by Gasteiger charge is 2.22. The number of amides is 2. The Labute approximate surface area is 154 Å². The lowest BCUT2D eigenvalue weighted by atomic mass is 10.1. The van der Waals surface area contributed by atoms with Gasteiger partial charge in [0, 0.05) is 24.0 Å². The highest BCUT2D eigenvalue weighted by Crippen LogP contribution is 2.21. The maximum Gasteiger partial charge on any atom is 0.272 e. The molecule has 138 valence electrons. The quantitative estimate of drug-likeness (QED) is 0.747. The molecule has 0 radical (unpaired) electrons. The van der Waals surface area contributed by atoms with Crippen LogP contribution in [0.4, 0.5) is 10.1 Å². The number of ether oxygens (including phenoxy) is 1. The summed E-state index contributed by atoms with van der Waals surface area (Å²) >= 11 is 0. The molecule has 6 nitrogen and oxygen atoms in total. The minimum absolute atomic E-state index is 0.145. The van der Waals surface area contributed by atoms with E-state index in [0.29, 0.717) is 54.2 Å². The third kappa shape index (κ3) is 3.54. The van der Waals surface area contributed by atoms with Gasteiger partial charge in [0.1, 0.15) is 11.5 Å². The van der Waals surface area contributed by atoms with Gasteiger partial charge in [0.2, 0.25) is 0 Å². The Morgan fingerprint density at radius 1 is 1.07 bits per heavy atom. The Bertz CT molecular complexity index is 1010. The van der Waals surface area contributed by atoms with Crippen molar-refractivity contribution >= 4 is 28.4 Å². The standard InChI is InChI=1S/C20H18FN3O3/c21-14-5-6-16-13(11-14)12-18(22-16)19(25)23-17-4-2-1-3-15(17)20(26)24-7-9-27-10-8-24/h1-6,11-12,22H,7-10H2,(H,23,25). The van der Waals surface area contributed by atoms with Gasteiger partial charge < -0.3 is 19.9 Å². The molecule has 2 amide bonds. The minimum atomic E-state index is -0.395. The molecule has 0 saturated carbocycles. The molecule has 3 aromatic rings. The predicted molar refractivity (Wildman–Crippen MR) is 99.4 cm³/mol. The molecule has 27 heavy (non-hydrogen) atoms. The normalized spacial score (nSPS) is 14.3. The molecule has 0 aliphatic carbocycles. The van der Waals surface area contributed by atoms with Crippen molar-refractivity contribution in [2.45, 2.75) is 0 Å². The van der Waals surface area contributed by atoms with Gasteiger partial charge in [-0.2, -0.15) is 0 Å². The van der Waals surface area contributed by atoms with Crippen molar-refractivity contribution < 1.29 is 18.7 Å². The van der Waals surface area contributed by atoms with Gasteiger partial charge in [-0.3, -0.25) is 9.59 Å². The first-order chi connectivity index (χ1) is 13.1. The number of benzene rings is 2. The zero-order valence-electron chi connectivity index (χ0n) is 14.5. The van der Waals surface area contributed by atoms with Crippen LogP contribution >= 0.6 is 0 Å². The van der Waals surface area contributed by atoms with E-state index >= 15 is 0 Å². The van der Waals surface area contributed by atoms with Crippen molar-refractivity contribution in [3.63, 3.8) is 0 Å². The molecule has 0 atom stereocenters. The third-order valence-corrected chi connectivity index (χ3v) is 4.53. The first-order valence-electron chi connectivity index (χ1n) is 8.67. The number of para-hydroxylation sites is 1. The summed E-state index contributed by atoms with van der Waals surface area (Å²) in [6, 6.07) is 12.7. The summed E-state index contributed by atoms with van der Waals surface area (Å²) < 4.78 is 18.6. The second kappa shape index (κ2) is 7.20. The van der Waals surface area contributed by atoms with E-state index in [9.17, 15) is 14.0 Å². The average Bonchev–Trinajstić information content (AvgIpc) is 3.12. The maximum absolute atomic E-state index is 13.3. The number of hydrogen-bond acceptors (Lipinski definition) is 3. The van der Waals surface area contributed by atoms with Gasteiger partial charge in [-0.15, -0.1) is 0 Å². The molecular formula is C20H18FN3O3. The fourth-order valence-electron chi connectivity index (χ4n) is 3.13. The van der Waals surface area contributed by atoms with E-state index in [1.807, 2.05) is 0 Å². The lowest BCUT2D eigenvalue weighted by Gasteiger charge is -2.27. The van der Waals surface area contributed by atoms with Crippen LogP contribution in [0.3, 0.4) is 0 Å². The fraction of sp³-hybridized carbons (Fsp3) is 0.200. The van der Waals surface area contributed by atoms with Crippen molar-refractivity contribution in [3.8, 4) is 0 Å². The number of aromatic amines is 1. The van der Waals surface area contributed by atoms with Gasteiger partial charge in [-0.1, -0.05) is 12.1 Å². The predicted octanol–water partition coefficient (Wildman–Crippen LogP) is 3.03. The summed E-state index contributed by atoms with van der Waals surface area (Å²) in [5, 5.41) is 3.39. The van der Waals surface area contributed by atoms with E-state index in [4.69, 9.17) is 4.74 Å². The van der Waals surface area contributed by atoms with E-state index in [1.165, 1.54) is 12.1 Å². The molecule has 1 aliphatic heterocycles. The minimum Gasteiger partial charge on any atom is -0.378 e. The SMILES string of the molecule is O=C(Nc1ccccc1C(=O)N1CCOCC1)c1cc2cc(F)ccc2[nH]1. The van der Waals surface area contributed by atoms with E-state index in [1.54, 1.807) is 41.3 Å². The largest absolute Gasteiger partial charge is 0.378 e. The molecule has 0 unspecified atom stereocenters. The van der Waals surface area contributed by atoms with Crippen LogP contribution in [0, 0.1) is 5.82 Å². The first-order valence-corrected chi connectivity index (χ1v) is 8.67. The number of H-pyrrole nitrogens is 1. The van der Waals surface area contributed by atoms with Gasteiger partial charge in [-0.05, 0) is 36.4 Å². The van der Waals surface area contributed by atoms with E-state index in [-0.39, 0.29) is 11.7 Å². The molecule has 2 heterocycles. The number of aromatic nitrogens is 1. The highest BCUT2D eigenvalue weighted by atomic mass is 19.1. The number of halogens is 1. The summed E-state index contributed by atoms with van der Waals surface area (Å²) in [4.78, 5) is 30.1. The molecule has 0 spiro atoms. The number of morpholine rings is 1. The van der Waals surface area contributed by atoms with Crippen molar-refractivity contribution in [1.29, 1.82) is 0 Å². The van der Waals surface area contributed by atoms with Crippen LogP contribution in [0.25, 0.3) is 10.9 Å². The topological polar surface area (TPSA) is 74.4 Å². The second-order valence-corrected chi connectivity index (χ2v) is 6.32. The second-order valence-electron chi connectivity index (χ2n) is 6.32. The van der Waals surface area contributed by atoms with Crippen LogP contribution in [0.1, 0.15) is 20.8 Å². The number of nitrogens with zero attached hydrogens (tertiary/aromatic N) is 1. The molecule has 1 saturated heterocycles. The number of nitrogens with one attached hydrogen (secondary N) is 2. The van der Waals surface area contributed by atoms with Crippen molar-refractivity contribution in [1.82, 2.24) is 9.88 Å². The smallest absolute Gasteiger partial charge is 0.272 e. The molecule has 1 aromatic heterocycles. The summed E-state index contributed by atoms with van der Waals surface area (Å²) in [7, 11) is 0. The van der Waals surface area contributed by atoms with E-state index < -0.39 is 5.91 Å². The monoisotopic (exact) mass is 367 g/mol. The summed E-state index contributed by atoms with van der Waals surface area (Å²) in [5.74, 6) is -0.906. The summed E-state index contributed by atoms with van der Waals surface area (Å²) in [5.41, 5.74) is 1.82. The van der Waals surface area contributed by atoms with E-state index in [2.05, 4.69) is 10.3 Å². The number of carbonyl (C=O) groups excluding carboxylic acids is 2. The van der Waals surface area contributed by atoms with Crippen LogP contribution in [0.2, 0.25) is 0 Å². The fourth-order valence-corrected chi connectivity index (χ4v) is 3.13. The number of anilines is 1. The molecule has 0 bridgehead atoms. The van der Waals surface area contributed by atoms with Gasteiger partial charge in [-0.25, -0.2) is 4.39 Å². The lowest BCUT2D eigenvalue weighted by Crippen LogP contribution is -2.41. The maximum atomic E-state index is 13.3. The number of fused-ring (bicyclic) bond motifs is 1. The summed E-state index contributed by atoms with van der Waals surface area (Å²) in [6.07, 6.45) is 0. The van der Waals surface area contributed by atoms with Crippen molar-refractivity contribution in [2.24, 2.45) is 0 Å². The van der Waals surface area contributed by atoms with Crippen LogP contribution in [-0.4, -0.2) is 48.0 Å². The molecular weight excluding hydrogens is 349 g/mol.